The van der Waals surface area contributed by atoms with Crippen molar-refractivity contribution in [2.45, 2.75) is 19.8 Å². The summed E-state index contributed by atoms with van der Waals surface area (Å²) in [5.74, 6) is 0.391. The van der Waals surface area contributed by atoms with Crippen LogP contribution < -0.4 is 4.74 Å². The molecule has 0 N–H and O–H groups in total. The average molecular weight is 272 g/mol. The number of methoxy groups -OCH3 is 1. The van der Waals surface area contributed by atoms with Gasteiger partial charge in [-0.25, -0.2) is 4.39 Å². The minimum Gasteiger partial charge on any atom is -0.497 e. The highest BCUT2D eigenvalue weighted by Crippen LogP contribution is 2.16. The smallest absolute Gasteiger partial charge is 0.163 e. The van der Waals surface area contributed by atoms with Crippen LogP contribution in [0, 0.1) is 12.7 Å². The summed E-state index contributed by atoms with van der Waals surface area (Å²) in [4.78, 5) is 12.1. The molecule has 104 valence electrons. The molecule has 0 atom stereocenters. The number of ether oxygens (including phenoxy) is 1. The predicted octanol–water partition coefficient (Wildman–Crippen LogP) is 3.96. The highest BCUT2D eigenvalue weighted by Gasteiger charge is 2.10. The lowest BCUT2D eigenvalue weighted by atomic mass is 9.99. The number of halogens is 1. The van der Waals surface area contributed by atoms with E-state index in [0.29, 0.717) is 18.4 Å². The highest BCUT2D eigenvalue weighted by molar-refractivity contribution is 5.97. The van der Waals surface area contributed by atoms with Crippen molar-refractivity contribution >= 4 is 5.78 Å². The van der Waals surface area contributed by atoms with E-state index in [9.17, 15) is 9.18 Å². The Morgan fingerprint density at radius 3 is 2.50 bits per heavy atom. The van der Waals surface area contributed by atoms with Crippen LogP contribution in [0.3, 0.4) is 0 Å². The molecular weight excluding hydrogens is 255 g/mol. The Hall–Kier alpha value is -2.16. The monoisotopic (exact) mass is 272 g/mol. The van der Waals surface area contributed by atoms with Gasteiger partial charge in [-0.15, -0.1) is 0 Å². The van der Waals surface area contributed by atoms with Gasteiger partial charge in [0.15, 0.2) is 5.78 Å². The van der Waals surface area contributed by atoms with E-state index < -0.39 is 0 Å². The first-order chi connectivity index (χ1) is 9.60. The van der Waals surface area contributed by atoms with Gasteiger partial charge in [-0.3, -0.25) is 4.79 Å². The highest BCUT2D eigenvalue weighted by atomic mass is 19.1. The summed E-state index contributed by atoms with van der Waals surface area (Å²) in [7, 11) is 1.62. The fourth-order valence-electron chi connectivity index (χ4n) is 2.08. The van der Waals surface area contributed by atoms with Gasteiger partial charge < -0.3 is 4.74 Å². The summed E-state index contributed by atoms with van der Waals surface area (Å²) in [6.45, 7) is 1.82. The summed E-state index contributed by atoms with van der Waals surface area (Å²) in [5, 5.41) is 0. The Labute approximate surface area is 118 Å². The molecule has 0 aliphatic carbocycles. The lowest BCUT2D eigenvalue weighted by Gasteiger charge is -2.06. The maximum Gasteiger partial charge on any atom is 0.163 e. The van der Waals surface area contributed by atoms with Crippen molar-refractivity contribution in [2.24, 2.45) is 0 Å². The maximum atomic E-state index is 13.2. The third-order valence-electron chi connectivity index (χ3n) is 3.30. The van der Waals surface area contributed by atoms with Crippen molar-refractivity contribution in [3.05, 3.63) is 65.0 Å². The Balaban J connectivity index is 2.02. The molecule has 0 heterocycles. The van der Waals surface area contributed by atoms with Crippen molar-refractivity contribution in [3.8, 4) is 5.75 Å². The topological polar surface area (TPSA) is 26.3 Å². The second-order valence-corrected chi connectivity index (χ2v) is 4.73. The van der Waals surface area contributed by atoms with Gasteiger partial charge >= 0.3 is 0 Å². The van der Waals surface area contributed by atoms with Crippen LogP contribution in [0.1, 0.15) is 27.9 Å². The van der Waals surface area contributed by atoms with Crippen molar-refractivity contribution in [1.29, 1.82) is 0 Å². The van der Waals surface area contributed by atoms with Gasteiger partial charge in [0.25, 0.3) is 0 Å². The minimum absolute atomic E-state index is 0.0298. The van der Waals surface area contributed by atoms with Crippen LogP contribution in [0.25, 0.3) is 0 Å². The van der Waals surface area contributed by atoms with E-state index in [0.717, 1.165) is 16.9 Å². The summed E-state index contributed by atoms with van der Waals surface area (Å²) in [6.07, 6.45) is 1.01. The molecule has 0 bridgehead atoms. The molecule has 0 unspecified atom stereocenters. The van der Waals surface area contributed by atoms with Gasteiger partial charge in [0.05, 0.1) is 7.11 Å². The van der Waals surface area contributed by atoms with E-state index in [-0.39, 0.29) is 11.6 Å². The Kier molecular flexibility index (Phi) is 4.51. The lowest BCUT2D eigenvalue weighted by molar-refractivity contribution is 0.0982. The molecule has 0 saturated carbocycles. The molecule has 0 amide bonds. The van der Waals surface area contributed by atoms with Crippen LogP contribution in [0.4, 0.5) is 4.39 Å². The minimum atomic E-state index is -0.372. The van der Waals surface area contributed by atoms with Crippen LogP contribution in [0.2, 0.25) is 0 Å². The Bertz CT molecular complexity index is 603. The van der Waals surface area contributed by atoms with E-state index in [1.165, 1.54) is 12.1 Å². The number of Topliss-reactive ketones (excluding diaryl/α,β-unsaturated/α-hetero) is 1. The molecule has 2 rings (SSSR count). The molecule has 0 saturated heterocycles. The molecule has 0 radical (unpaired) electrons. The zero-order valence-corrected chi connectivity index (χ0v) is 11.7. The second kappa shape index (κ2) is 6.33. The summed E-state index contributed by atoms with van der Waals surface area (Å²) >= 11 is 0. The van der Waals surface area contributed by atoms with Gasteiger partial charge in [-0.1, -0.05) is 18.2 Å². The van der Waals surface area contributed by atoms with Crippen molar-refractivity contribution in [1.82, 2.24) is 0 Å². The quantitative estimate of drug-likeness (QED) is 0.770. The summed E-state index contributed by atoms with van der Waals surface area (Å²) in [6, 6.07) is 11.9. The van der Waals surface area contributed by atoms with Crippen molar-refractivity contribution in [2.75, 3.05) is 7.11 Å². The van der Waals surface area contributed by atoms with Crippen LogP contribution in [0.15, 0.2) is 42.5 Å². The maximum absolute atomic E-state index is 13.2. The number of aryl methyl sites for hydroxylation is 2. The lowest BCUT2D eigenvalue weighted by Crippen LogP contribution is -2.04. The van der Waals surface area contributed by atoms with Gasteiger partial charge in [0.2, 0.25) is 0 Å². The SMILES string of the molecule is COc1ccc(CCC(=O)c2cc(F)ccc2C)cc1. The number of hydrogen-bond acceptors (Lipinski definition) is 2. The molecule has 20 heavy (non-hydrogen) atoms. The van der Waals surface area contributed by atoms with Crippen LogP contribution >= 0.6 is 0 Å². The summed E-state index contributed by atoms with van der Waals surface area (Å²) in [5.41, 5.74) is 2.35. The molecule has 3 heteroatoms. The van der Waals surface area contributed by atoms with E-state index in [1.54, 1.807) is 13.2 Å². The molecule has 2 nitrogen and oxygen atoms in total. The van der Waals surface area contributed by atoms with Crippen LogP contribution in [-0.2, 0) is 6.42 Å². The molecule has 2 aromatic rings. The standard InChI is InChI=1S/C17H17FO2/c1-12-3-7-14(18)11-16(12)17(19)10-6-13-4-8-15(20-2)9-5-13/h3-5,7-9,11H,6,10H2,1-2H3. The Morgan fingerprint density at radius 1 is 1.15 bits per heavy atom. The van der Waals surface area contributed by atoms with E-state index in [4.69, 9.17) is 4.74 Å². The van der Waals surface area contributed by atoms with Crippen molar-refractivity contribution in [3.63, 3.8) is 0 Å². The average Bonchev–Trinajstić information content (AvgIpc) is 2.47. The number of hydrogen-bond donors (Lipinski definition) is 0. The summed E-state index contributed by atoms with van der Waals surface area (Å²) < 4.78 is 18.3. The Morgan fingerprint density at radius 2 is 1.85 bits per heavy atom. The zero-order valence-electron chi connectivity index (χ0n) is 11.7. The number of rotatable bonds is 5. The van der Waals surface area contributed by atoms with E-state index >= 15 is 0 Å². The molecule has 0 spiro atoms. The third-order valence-corrected chi connectivity index (χ3v) is 3.30. The van der Waals surface area contributed by atoms with Gasteiger partial charge in [0, 0.05) is 12.0 Å². The van der Waals surface area contributed by atoms with E-state index in [2.05, 4.69) is 0 Å². The molecule has 0 aliphatic rings. The largest absolute Gasteiger partial charge is 0.497 e. The first-order valence-corrected chi connectivity index (χ1v) is 6.52. The van der Waals surface area contributed by atoms with Gasteiger partial charge in [-0.05, 0) is 48.7 Å². The normalized spacial score (nSPS) is 10.3. The van der Waals surface area contributed by atoms with Crippen LogP contribution in [-0.4, -0.2) is 12.9 Å². The van der Waals surface area contributed by atoms with Crippen molar-refractivity contribution < 1.29 is 13.9 Å². The first-order valence-electron chi connectivity index (χ1n) is 6.52. The first kappa shape index (κ1) is 14.3. The number of carbonyl (C=O) groups excluding carboxylic acids is 1. The van der Waals surface area contributed by atoms with Gasteiger partial charge in [-0.2, -0.15) is 0 Å². The van der Waals surface area contributed by atoms with Gasteiger partial charge in [0.1, 0.15) is 11.6 Å². The molecular formula is C17H17FO2. The van der Waals surface area contributed by atoms with Crippen LogP contribution in [0.5, 0.6) is 5.75 Å². The molecule has 0 fully saturated rings. The second-order valence-electron chi connectivity index (χ2n) is 4.73. The molecule has 0 aliphatic heterocycles. The third kappa shape index (κ3) is 3.44. The fourth-order valence-corrected chi connectivity index (χ4v) is 2.08. The predicted molar refractivity (Wildman–Crippen MR) is 76.8 cm³/mol. The number of ketones is 1. The number of benzene rings is 2. The van der Waals surface area contributed by atoms with E-state index in [1.807, 2.05) is 31.2 Å². The molecule has 0 aromatic heterocycles. The fraction of sp³-hybridized carbons (Fsp3) is 0.235. The molecule has 2 aromatic carbocycles. The number of carbonyl (C=O) groups is 1. The zero-order chi connectivity index (χ0) is 14.5.